The summed E-state index contributed by atoms with van der Waals surface area (Å²) >= 11 is 0. The van der Waals surface area contributed by atoms with Crippen molar-refractivity contribution in [3.8, 4) is 17.2 Å². The fraction of sp³-hybridized carbons (Fsp3) is 0.517. The Morgan fingerprint density at radius 3 is 2.09 bits per heavy atom. The highest BCUT2D eigenvalue weighted by Crippen LogP contribution is 2.44. The third-order valence-corrected chi connectivity index (χ3v) is 8.00. The van der Waals surface area contributed by atoms with Gasteiger partial charge >= 0.3 is 0 Å². The summed E-state index contributed by atoms with van der Waals surface area (Å²) in [6.07, 6.45) is 10.4. The first kappa shape index (κ1) is 23.3. The lowest BCUT2D eigenvalue weighted by Gasteiger charge is -2.33. The van der Waals surface area contributed by atoms with Gasteiger partial charge in [0.05, 0.1) is 21.3 Å². The van der Waals surface area contributed by atoms with Crippen molar-refractivity contribution in [2.75, 3.05) is 27.9 Å². The van der Waals surface area contributed by atoms with E-state index in [-0.39, 0.29) is 0 Å². The molecule has 0 aromatic heterocycles. The predicted octanol–water partition coefficient (Wildman–Crippen LogP) is 5.82. The van der Waals surface area contributed by atoms with Crippen molar-refractivity contribution in [1.82, 2.24) is 4.90 Å². The van der Waals surface area contributed by atoms with Gasteiger partial charge in [-0.3, -0.25) is 4.90 Å². The highest BCUT2D eigenvalue weighted by Gasteiger charge is 2.32. The lowest BCUT2D eigenvalue weighted by Crippen LogP contribution is -2.35. The van der Waals surface area contributed by atoms with Gasteiger partial charge in [0, 0.05) is 18.6 Å². The minimum Gasteiger partial charge on any atom is -0.497 e. The molecule has 1 unspecified atom stereocenters. The van der Waals surface area contributed by atoms with E-state index >= 15 is 0 Å². The van der Waals surface area contributed by atoms with Crippen LogP contribution in [-0.2, 0) is 13.0 Å². The molecule has 3 aromatic carbocycles. The molecule has 34 heavy (non-hydrogen) atoms. The van der Waals surface area contributed by atoms with Gasteiger partial charge in [-0.2, -0.15) is 0 Å². The van der Waals surface area contributed by atoms with E-state index in [1.54, 1.807) is 21.3 Å². The van der Waals surface area contributed by atoms with Gasteiger partial charge in [-0.1, -0.05) is 25.3 Å². The van der Waals surface area contributed by atoms with Crippen molar-refractivity contribution in [3.63, 3.8) is 0 Å². The van der Waals surface area contributed by atoms with E-state index in [1.807, 2.05) is 0 Å². The topological polar surface area (TPSA) is 57.0 Å². The molecule has 5 heteroatoms. The average Bonchev–Trinajstić information content (AvgIpc) is 3.35. The zero-order chi connectivity index (χ0) is 23.7. The first-order valence-electron chi connectivity index (χ1n) is 12.8. The summed E-state index contributed by atoms with van der Waals surface area (Å²) in [5, 5.41) is 5.05. The Bertz CT molecular complexity index is 1170. The van der Waals surface area contributed by atoms with Crippen molar-refractivity contribution in [2.45, 2.75) is 70.0 Å². The molecule has 3 aliphatic rings. The summed E-state index contributed by atoms with van der Waals surface area (Å²) in [6.45, 7) is 2.23. The maximum atomic E-state index is 5.63. The molecule has 0 spiro atoms. The van der Waals surface area contributed by atoms with Gasteiger partial charge in [0.15, 0.2) is 11.5 Å². The Balaban J connectivity index is 0.000000297. The molecule has 5 nitrogen and oxygen atoms in total. The van der Waals surface area contributed by atoms with Crippen LogP contribution in [0.2, 0.25) is 0 Å². The van der Waals surface area contributed by atoms with Gasteiger partial charge in [-0.05, 0) is 95.6 Å². The molecular formula is C29H38N2O3. The average molecular weight is 463 g/mol. The van der Waals surface area contributed by atoms with E-state index in [0.717, 1.165) is 30.2 Å². The van der Waals surface area contributed by atoms with Crippen LogP contribution in [0.4, 0.5) is 0 Å². The van der Waals surface area contributed by atoms with Gasteiger partial charge in [0.1, 0.15) is 5.75 Å². The van der Waals surface area contributed by atoms with Crippen LogP contribution in [0.3, 0.4) is 0 Å². The minimum absolute atomic E-state index is 0.536. The van der Waals surface area contributed by atoms with E-state index in [2.05, 4.69) is 35.2 Å². The number of fused-ring (bicyclic) bond motifs is 7. The zero-order valence-electron chi connectivity index (χ0n) is 20.9. The van der Waals surface area contributed by atoms with E-state index in [0.29, 0.717) is 12.1 Å². The normalized spacial score (nSPS) is 20.4. The van der Waals surface area contributed by atoms with Crippen molar-refractivity contribution in [1.29, 1.82) is 0 Å². The minimum atomic E-state index is 0.536. The summed E-state index contributed by atoms with van der Waals surface area (Å²) in [6, 6.07) is 12.0. The monoisotopic (exact) mass is 462 g/mol. The lowest BCUT2D eigenvalue weighted by molar-refractivity contribution is 0.229. The highest BCUT2D eigenvalue weighted by molar-refractivity contribution is 6.12. The molecule has 2 N–H and O–H groups in total. The Hall–Kier alpha value is -2.50. The number of rotatable bonds is 3. The second-order valence-electron chi connectivity index (χ2n) is 9.99. The van der Waals surface area contributed by atoms with Crippen LogP contribution in [0.5, 0.6) is 17.2 Å². The maximum Gasteiger partial charge on any atom is 0.161 e. The quantitative estimate of drug-likeness (QED) is 0.497. The molecule has 6 rings (SSSR count). The number of hydrogen-bond donors (Lipinski definition) is 1. The number of nitrogens with two attached hydrogens (primary N) is 1. The maximum absolute atomic E-state index is 5.63. The molecule has 0 bridgehead atoms. The van der Waals surface area contributed by atoms with Crippen LogP contribution < -0.4 is 19.9 Å². The SMILES string of the molecule is COc1ccc2c3c(c4cc(OC)c(OC)cc4c2c1)CN1CCCC1C3.NC1CCCCC1. The predicted molar refractivity (Wildman–Crippen MR) is 139 cm³/mol. The van der Waals surface area contributed by atoms with Crippen molar-refractivity contribution in [2.24, 2.45) is 5.73 Å². The molecule has 1 saturated heterocycles. The summed E-state index contributed by atoms with van der Waals surface area (Å²) in [7, 11) is 5.12. The molecule has 1 atom stereocenters. The van der Waals surface area contributed by atoms with Crippen LogP contribution in [0, 0.1) is 0 Å². The van der Waals surface area contributed by atoms with Crippen LogP contribution in [-0.4, -0.2) is 44.9 Å². The fourth-order valence-corrected chi connectivity index (χ4v) is 6.13. The van der Waals surface area contributed by atoms with Crippen molar-refractivity contribution in [3.05, 3.63) is 41.5 Å². The van der Waals surface area contributed by atoms with E-state index in [4.69, 9.17) is 19.9 Å². The fourth-order valence-electron chi connectivity index (χ4n) is 6.13. The standard InChI is InChI=1S/C23H25NO3.C6H13N/c1-25-15-6-7-16-17-9-14-5-4-8-24(14)13-21(17)20-12-23(27-3)22(26-2)11-19(20)18(16)10-15;7-6-4-2-1-3-5-6/h6-7,10-12,14H,4-5,8-9,13H2,1-3H3;6H,1-5,7H2. The Morgan fingerprint density at radius 2 is 1.44 bits per heavy atom. The van der Waals surface area contributed by atoms with Gasteiger partial charge in [-0.25, -0.2) is 0 Å². The summed E-state index contributed by atoms with van der Waals surface area (Å²) in [5.74, 6) is 2.44. The second kappa shape index (κ2) is 10.0. The molecule has 182 valence electrons. The molecule has 0 amide bonds. The van der Waals surface area contributed by atoms with Crippen LogP contribution in [0.25, 0.3) is 21.5 Å². The summed E-state index contributed by atoms with van der Waals surface area (Å²) in [5.41, 5.74) is 8.58. The van der Waals surface area contributed by atoms with E-state index in [1.165, 1.54) is 84.2 Å². The Kier molecular flexibility index (Phi) is 6.84. The zero-order valence-corrected chi connectivity index (χ0v) is 20.9. The largest absolute Gasteiger partial charge is 0.497 e. The molecule has 2 aliphatic heterocycles. The second-order valence-corrected chi connectivity index (χ2v) is 9.99. The van der Waals surface area contributed by atoms with Gasteiger partial charge < -0.3 is 19.9 Å². The summed E-state index contributed by atoms with van der Waals surface area (Å²) in [4.78, 5) is 2.65. The molecule has 2 heterocycles. The number of ether oxygens (including phenoxy) is 3. The van der Waals surface area contributed by atoms with Gasteiger partial charge in [-0.15, -0.1) is 0 Å². The molecule has 2 fully saturated rings. The molecule has 1 saturated carbocycles. The third kappa shape index (κ3) is 4.32. The first-order valence-corrected chi connectivity index (χ1v) is 12.8. The van der Waals surface area contributed by atoms with Gasteiger partial charge in [0.2, 0.25) is 0 Å². The number of methoxy groups -OCH3 is 3. The molecule has 0 radical (unpaired) electrons. The Labute approximate surface area is 203 Å². The smallest absolute Gasteiger partial charge is 0.161 e. The number of hydrogen-bond acceptors (Lipinski definition) is 5. The van der Waals surface area contributed by atoms with Crippen LogP contribution >= 0.6 is 0 Å². The van der Waals surface area contributed by atoms with E-state index in [9.17, 15) is 0 Å². The molecular weight excluding hydrogens is 424 g/mol. The van der Waals surface area contributed by atoms with E-state index < -0.39 is 0 Å². The highest BCUT2D eigenvalue weighted by atomic mass is 16.5. The molecule has 1 aliphatic carbocycles. The molecule has 3 aromatic rings. The van der Waals surface area contributed by atoms with Crippen molar-refractivity contribution >= 4 is 21.5 Å². The number of benzene rings is 3. The lowest BCUT2D eigenvalue weighted by atomic mass is 9.85. The number of nitrogens with zero attached hydrogens (tertiary/aromatic N) is 1. The van der Waals surface area contributed by atoms with Crippen LogP contribution in [0.1, 0.15) is 56.1 Å². The first-order chi connectivity index (χ1) is 16.6. The third-order valence-electron chi connectivity index (χ3n) is 8.00. The Morgan fingerprint density at radius 1 is 0.735 bits per heavy atom. The van der Waals surface area contributed by atoms with Crippen LogP contribution in [0.15, 0.2) is 30.3 Å². The van der Waals surface area contributed by atoms with Gasteiger partial charge in [0.25, 0.3) is 0 Å². The summed E-state index contributed by atoms with van der Waals surface area (Å²) < 4.78 is 16.7. The van der Waals surface area contributed by atoms with Crippen molar-refractivity contribution < 1.29 is 14.2 Å².